The first-order chi connectivity index (χ1) is 18.9. The molecule has 0 aliphatic heterocycles. The second-order valence-corrected chi connectivity index (χ2v) is 9.61. The van der Waals surface area contributed by atoms with Crippen molar-refractivity contribution in [3.63, 3.8) is 0 Å². The van der Waals surface area contributed by atoms with Crippen LogP contribution in [0.4, 0.5) is 4.39 Å². The highest BCUT2D eigenvalue weighted by molar-refractivity contribution is 6.00. The van der Waals surface area contributed by atoms with Gasteiger partial charge in [-0.1, -0.05) is 25.1 Å². The number of benzene rings is 3. The van der Waals surface area contributed by atoms with Crippen LogP contribution in [0.2, 0.25) is 0 Å². The van der Waals surface area contributed by atoms with Crippen molar-refractivity contribution in [2.45, 2.75) is 26.7 Å². The number of ether oxygens (including phenoxy) is 1. The maximum atomic E-state index is 13.9. The van der Waals surface area contributed by atoms with Crippen LogP contribution in [0.15, 0.2) is 71.9 Å². The summed E-state index contributed by atoms with van der Waals surface area (Å²) >= 11 is 0. The predicted octanol–water partition coefficient (Wildman–Crippen LogP) is 5.35. The highest BCUT2D eigenvalue weighted by Gasteiger charge is 2.29. The van der Waals surface area contributed by atoms with Gasteiger partial charge in [0.25, 0.3) is 11.5 Å². The number of hydrogen-bond acceptors (Lipinski definition) is 5. The zero-order valence-corrected chi connectivity index (χ0v) is 21.5. The van der Waals surface area contributed by atoms with Gasteiger partial charge in [0.05, 0.1) is 23.2 Å². The zero-order valence-electron chi connectivity index (χ0n) is 21.5. The standard InChI is InChI=1S/C31H25FN4O3/c1-3-11-39-20-8-9-22-18(12-20)13-24-28(22)25(15-34-29(24)30(33)37)21-5-4-6-27(17(21)2)36-16-35-26-10-7-19(32)14-23(26)31(36)38/h4-10,12,14-16H,3,11,13H2,1-2H3,(H2,33,37). The van der Waals surface area contributed by atoms with Crippen LogP contribution < -0.4 is 16.0 Å². The Kier molecular flexibility index (Phi) is 5.95. The maximum absolute atomic E-state index is 13.9. The van der Waals surface area contributed by atoms with Crippen molar-refractivity contribution < 1.29 is 13.9 Å². The molecule has 0 saturated heterocycles. The lowest BCUT2D eigenvalue weighted by molar-refractivity contribution is 0.0995. The van der Waals surface area contributed by atoms with Crippen molar-refractivity contribution in [3.8, 4) is 33.7 Å². The molecule has 1 aliphatic rings. The van der Waals surface area contributed by atoms with E-state index in [1.807, 2.05) is 43.3 Å². The molecular formula is C31H25FN4O3. The molecule has 0 fully saturated rings. The fraction of sp³-hybridized carbons (Fsp3) is 0.161. The fourth-order valence-electron chi connectivity index (χ4n) is 5.35. The van der Waals surface area contributed by atoms with Gasteiger partial charge in [0.1, 0.15) is 23.6 Å². The summed E-state index contributed by atoms with van der Waals surface area (Å²) in [6.45, 7) is 4.59. The lowest BCUT2D eigenvalue weighted by Gasteiger charge is -2.17. The molecule has 3 aromatic carbocycles. The van der Waals surface area contributed by atoms with E-state index in [0.717, 1.165) is 51.1 Å². The van der Waals surface area contributed by atoms with Crippen molar-refractivity contribution in [3.05, 3.63) is 106 Å². The van der Waals surface area contributed by atoms with Crippen molar-refractivity contribution >= 4 is 16.8 Å². The summed E-state index contributed by atoms with van der Waals surface area (Å²) in [5, 5.41) is 0.200. The number of pyridine rings is 1. The minimum atomic E-state index is -0.584. The summed E-state index contributed by atoms with van der Waals surface area (Å²) in [5.41, 5.74) is 12.8. The molecule has 2 aromatic heterocycles. The van der Waals surface area contributed by atoms with Crippen LogP contribution in [0.1, 0.15) is 40.5 Å². The molecule has 0 bridgehead atoms. The molecule has 1 amide bonds. The van der Waals surface area contributed by atoms with Gasteiger partial charge in [-0.3, -0.25) is 19.1 Å². The van der Waals surface area contributed by atoms with Crippen LogP contribution in [0.3, 0.4) is 0 Å². The second-order valence-electron chi connectivity index (χ2n) is 9.61. The van der Waals surface area contributed by atoms with E-state index in [2.05, 4.69) is 16.9 Å². The van der Waals surface area contributed by atoms with Gasteiger partial charge < -0.3 is 10.5 Å². The van der Waals surface area contributed by atoms with Crippen molar-refractivity contribution in [1.82, 2.24) is 14.5 Å². The van der Waals surface area contributed by atoms with Crippen molar-refractivity contribution in [2.24, 2.45) is 5.73 Å². The van der Waals surface area contributed by atoms with Crippen LogP contribution in [0.5, 0.6) is 5.75 Å². The van der Waals surface area contributed by atoms with E-state index in [0.29, 0.717) is 24.2 Å². The molecule has 0 spiro atoms. The molecular weight excluding hydrogens is 495 g/mol. The Morgan fingerprint density at radius 3 is 2.72 bits per heavy atom. The van der Waals surface area contributed by atoms with Crippen molar-refractivity contribution in [2.75, 3.05) is 6.61 Å². The number of fused-ring (bicyclic) bond motifs is 4. The minimum absolute atomic E-state index is 0.200. The van der Waals surface area contributed by atoms with Crippen LogP contribution in [0, 0.1) is 12.7 Å². The van der Waals surface area contributed by atoms with Crippen LogP contribution in [0.25, 0.3) is 38.8 Å². The van der Waals surface area contributed by atoms with Gasteiger partial charge in [0.15, 0.2) is 0 Å². The van der Waals surface area contributed by atoms with Gasteiger partial charge >= 0.3 is 0 Å². The molecule has 39 heavy (non-hydrogen) atoms. The van der Waals surface area contributed by atoms with Gasteiger partial charge in [-0.15, -0.1) is 0 Å². The Hall–Kier alpha value is -4.85. The summed E-state index contributed by atoms with van der Waals surface area (Å²) in [6, 6.07) is 15.5. The summed E-state index contributed by atoms with van der Waals surface area (Å²) in [7, 11) is 0. The van der Waals surface area contributed by atoms with Gasteiger partial charge in [0.2, 0.25) is 0 Å². The lowest BCUT2D eigenvalue weighted by atomic mass is 9.92. The maximum Gasteiger partial charge on any atom is 0.267 e. The molecule has 0 atom stereocenters. The average molecular weight is 521 g/mol. The van der Waals surface area contributed by atoms with Gasteiger partial charge in [0, 0.05) is 18.2 Å². The first kappa shape index (κ1) is 24.5. The van der Waals surface area contributed by atoms with E-state index < -0.39 is 11.7 Å². The van der Waals surface area contributed by atoms with E-state index in [1.54, 1.807) is 6.20 Å². The fourth-order valence-corrected chi connectivity index (χ4v) is 5.35. The third-order valence-electron chi connectivity index (χ3n) is 7.17. The summed E-state index contributed by atoms with van der Waals surface area (Å²) in [4.78, 5) is 34.5. The molecule has 6 rings (SSSR count). The second kappa shape index (κ2) is 9.47. The predicted molar refractivity (Wildman–Crippen MR) is 148 cm³/mol. The molecule has 0 unspecified atom stereocenters. The monoisotopic (exact) mass is 520 g/mol. The third kappa shape index (κ3) is 4.05. The third-order valence-corrected chi connectivity index (χ3v) is 7.17. The Labute approximate surface area is 223 Å². The SMILES string of the molecule is CCCOc1ccc2c(c1)Cc1c(C(N)=O)ncc(-c3cccc(-n4cnc5ccc(F)cc5c4=O)c3C)c1-2. The number of carbonyl (C=O) groups is 1. The molecule has 194 valence electrons. The number of nitrogens with zero attached hydrogens (tertiary/aromatic N) is 3. The van der Waals surface area contributed by atoms with E-state index in [1.165, 1.54) is 29.1 Å². The highest BCUT2D eigenvalue weighted by atomic mass is 19.1. The first-order valence-corrected chi connectivity index (χ1v) is 12.7. The number of primary amides is 1. The Bertz CT molecular complexity index is 1860. The zero-order chi connectivity index (χ0) is 27.3. The van der Waals surface area contributed by atoms with E-state index in [4.69, 9.17) is 10.5 Å². The molecule has 0 saturated carbocycles. The first-order valence-electron chi connectivity index (χ1n) is 12.7. The van der Waals surface area contributed by atoms with E-state index >= 15 is 0 Å². The Balaban J connectivity index is 1.54. The Morgan fingerprint density at radius 1 is 1.08 bits per heavy atom. The molecule has 7 nitrogen and oxygen atoms in total. The largest absolute Gasteiger partial charge is 0.494 e. The lowest BCUT2D eigenvalue weighted by Crippen LogP contribution is -2.20. The van der Waals surface area contributed by atoms with Crippen LogP contribution in [-0.4, -0.2) is 27.0 Å². The smallest absolute Gasteiger partial charge is 0.267 e. The van der Waals surface area contributed by atoms with E-state index in [-0.39, 0.29) is 16.6 Å². The minimum Gasteiger partial charge on any atom is -0.494 e. The molecule has 2 heterocycles. The number of nitrogens with two attached hydrogens (primary N) is 1. The topological polar surface area (TPSA) is 100 Å². The molecule has 2 N–H and O–H groups in total. The van der Waals surface area contributed by atoms with Crippen LogP contribution in [-0.2, 0) is 6.42 Å². The number of rotatable bonds is 6. The normalized spacial score (nSPS) is 11.9. The molecule has 5 aromatic rings. The Morgan fingerprint density at radius 2 is 1.92 bits per heavy atom. The quantitative estimate of drug-likeness (QED) is 0.319. The van der Waals surface area contributed by atoms with Crippen LogP contribution >= 0.6 is 0 Å². The molecule has 0 radical (unpaired) electrons. The van der Waals surface area contributed by atoms with Gasteiger partial charge in [-0.2, -0.15) is 0 Å². The molecule has 8 heteroatoms. The number of amides is 1. The van der Waals surface area contributed by atoms with E-state index in [9.17, 15) is 14.0 Å². The van der Waals surface area contributed by atoms with Crippen molar-refractivity contribution in [1.29, 1.82) is 0 Å². The molecule has 1 aliphatic carbocycles. The highest BCUT2D eigenvalue weighted by Crippen LogP contribution is 2.45. The summed E-state index contributed by atoms with van der Waals surface area (Å²) in [5.74, 6) is -0.307. The van der Waals surface area contributed by atoms with Gasteiger partial charge in [-0.05, 0) is 83.1 Å². The summed E-state index contributed by atoms with van der Waals surface area (Å²) in [6.07, 6.45) is 4.53. The summed E-state index contributed by atoms with van der Waals surface area (Å²) < 4.78 is 21.2. The number of aromatic nitrogens is 3. The average Bonchev–Trinajstić information content (AvgIpc) is 3.31. The number of hydrogen-bond donors (Lipinski definition) is 1. The number of halogens is 1. The van der Waals surface area contributed by atoms with Gasteiger partial charge in [-0.25, -0.2) is 9.37 Å². The number of carbonyl (C=O) groups excluding carboxylic acids is 1.